The number of nitriles is 1. The highest BCUT2D eigenvalue weighted by Gasteiger charge is 2.05. The van der Waals surface area contributed by atoms with Crippen molar-refractivity contribution in [2.45, 2.75) is 0 Å². The van der Waals surface area contributed by atoms with E-state index in [-0.39, 0.29) is 5.69 Å². The van der Waals surface area contributed by atoms with E-state index in [1.54, 1.807) is 30.6 Å². The highest BCUT2D eigenvalue weighted by molar-refractivity contribution is 9.10. The molecule has 0 bridgehead atoms. The molecule has 2 rings (SSSR count). The number of imidazole rings is 1. The SMILES string of the molecule is N#Cc1ccc(-n2cc[nH]c2=O)c(Br)c1. The van der Waals surface area contributed by atoms with Gasteiger partial charge in [-0.15, -0.1) is 0 Å². The Morgan fingerprint density at radius 2 is 2.27 bits per heavy atom. The van der Waals surface area contributed by atoms with E-state index in [9.17, 15) is 4.79 Å². The van der Waals surface area contributed by atoms with Gasteiger partial charge in [-0.25, -0.2) is 4.79 Å². The van der Waals surface area contributed by atoms with Crippen molar-refractivity contribution in [3.05, 3.63) is 51.1 Å². The number of benzene rings is 1. The second-order valence-electron chi connectivity index (χ2n) is 2.91. The van der Waals surface area contributed by atoms with E-state index in [2.05, 4.69) is 20.9 Å². The fourth-order valence-corrected chi connectivity index (χ4v) is 1.85. The Morgan fingerprint density at radius 1 is 1.47 bits per heavy atom. The van der Waals surface area contributed by atoms with Crippen LogP contribution >= 0.6 is 15.9 Å². The first-order valence-corrected chi connectivity index (χ1v) is 4.98. The van der Waals surface area contributed by atoms with E-state index in [4.69, 9.17) is 5.26 Å². The van der Waals surface area contributed by atoms with E-state index in [1.807, 2.05) is 6.07 Å². The average molecular weight is 264 g/mol. The Bertz CT molecular complexity index is 591. The number of hydrogen-bond acceptors (Lipinski definition) is 2. The number of nitrogens with one attached hydrogen (secondary N) is 1. The molecular formula is C10H6BrN3O. The first-order valence-electron chi connectivity index (χ1n) is 4.18. The van der Waals surface area contributed by atoms with Gasteiger partial charge in [0.1, 0.15) is 0 Å². The molecule has 0 saturated carbocycles. The molecule has 1 N–H and O–H groups in total. The lowest BCUT2D eigenvalue weighted by Gasteiger charge is -2.03. The first kappa shape index (κ1) is 9.74. The van der Waals surface area contributed by atoms with E-state index >= 15 is 0 Å². The zero-order chi connectivity index (χ0) is 10.8. The van der Waals surface area contributed by atoms with Crippen LogP contribution in [-0.2, 0) is 0 Å². The van der Waals surface area contributed by atoms with Crippen molar-refractivity contribution in [1.29, 1.82) is 5.26 Å². The summed E-state index contributed by atoms with van der Waals surface area (Å²) in [6.45, 7) is 0. The summed E-state index contributed by atoms with van der Waals surface area (Å²) in [4.78, 5) is 13.9. The van der Waals surface area contributed by atoms with Gasteiger partial charge in [0.05, 0.1) is 17.3 Å². The minimum Gasteiger partial charge on any atom is -0.312 e. The third-order valence-corrected chi connectivity index (χ3v) is 2.62. The van der Waals surface area contributed by atoms with Gasteiger partial charge in [-0.05, 0) is 34.1 Å². The quantitative estimate of drug-likeness (QED) is 0.853. The van der Waals surface area contributed by atoms with Crippen LogP contribution < -0.4 is 5.69 Å². The standard InChI is InChI=1S/C10H6BrN3O/c11-8-5-7(6-12)1-2-9(8)14-4-3-13-10(14)15/h1-5H,(H,13,15). The van der Waals surface area contributed by atoms with Crippen LogP contribution in [-0.4, -0.2) is 9.55 Å². The Labute approximate surface area is 93.9 Å². The van der Waals surface area contributed by atoms with Crippen molar-refractivity contribution in [2.24, 2.45) is 0 Å². The normalized spacial score (nSPS) is 9.87. The molecule has 2 aromatic rings. The van der Waals surface area contributed by atoms with Gasteiger partial charge in [-0.1, -0.05) is 0 Å². The van der Waals surface area contributed by atoms with Crippen molar-refractivity contribution in [3.8, 4) is 11.8 Å². The van der Waals surface area contributed by atoms with Gasteiger partial charge in [-0.3, -0.25) is 4.57 Å². The van der Waals surface area contributed by atoms with E-state index in [1.165, 1.54) is 4.57 Å². The smallest absolute Gasteiger partial charge is 0.312 e. The van der Waals surface area contributed by atoms with E-state index in [0.717, 1.165) is 0 Å². The van der Waals surface area contributed by atoms with Crippen LogP contribution in [0, 0.1) is 11.3 Å². The van der Waals surface area contributed by atoms with Gasteiger partial charge in [-0.2, -0.15) is 5.26 Å². The molecule has 0 aliphatic heterocycles. The molecule has 74 valence electrons. The second-order valence-corrected chi connectivity index (χ2v) is 3.77. The molecule has 0 unspecified atom stereocenters. The summed E-state index contributed by atoms with van der Waals surface area (Å²) in [5, 5.41) is 8.69. The predicted molar refractivity (Wildman–Crippen MR) is 58.8 cm³/mol. The molecule has 1 aromatic heterocycles. The Kier molecular flexibility index (Phi) is 2.44. The van der Waals surface area contributed by atoms with Crippen molar-refractivity contribution < 1.29 is 0 Å². The summed E-state index contributed by atoms with van der Waals surface area (Å²) >= 11 is 3.32. The minimum atomic E-state index is -0.208. The molecule has 1 aromatic carbocycles. The molecular weight excluding hydrogens is 258 g/mol. The molecule has 0 spiro atoms. The van der Waals surface area contributed by atoms with E-state index in [0.29, 0.717) is 15.7 Å². The maximum absolute atomic E-state index is 11.3. The predicted octanol–water partition coefficient (Wildman–Crippen LogP) is 1.80. The van der Waals surface area contributed by atoms with Crippen LogP contribution in [0.15, 0.2) is 39.9 Å². The molecule has 4 nitrogen and oxygen atoms in total. The van der Waals surface area contributed by atoms with Gasteiger partial charge >= 0.3 is 5.69 Å². The van der Waals surface area contributed by atoms with Gasteiger partial charge in [0.25, 0.3) is 0 Å². The zero-order valence-electron chi connectivity index (χ0n) is 7.57. The van der Waals surface area contributed by atoms with Crippen molar-refractivity contribution >= 4 is 15.9 Å². The van der Waals surface area contributed by atoms with Crippen LogP contribution in [0.3, 0.4) is 0 Å². The Morgan fingerprint density at radius 3 is 2.80 bits per heavy atom. The molecule has 0 radical (unpaired) electrons. The number of H-pyrrole nitrogens is 1. The molecule has 0 aliphatic rings. The summed E-state index contributed by atoms with van der Waals surface area (Å²) in [6.07, 6.45) is 3.20. The molecule has 0 fully saturated rings. The average Bonchev–Trinajstić information content (AvgIpc) is 2.64. The van der Waals surface area contributed by atoms with Gasteiger partial charge in [0, 0.05) is 16.9 Å². The number of aromatic amines is 1. The molecule has 0 amide bonds. The third kappa shape index (κ3) is 1.72. The lowest BCUT2D eigenvalue weighted by molar-refractivity contribution is 0.981. The van der Waals surface area contributed by atoms with Crippen LogP contribution in [0.25, 0.3) is 5.69 Å². The molecule has 0 saturated heterocycles. The van der Waals surface area contributed by atoms with Crippen LogP contribution in [0.4, 0.5) is 0 Å². The highest BCUT2D eigenvalue weighted by Crippen LogP contribution is 2.20. The zero-order valence-corrected chi connectivity index (χ0v) is 9.15. The number of nitrogens with zero attached hydrogens (tertiary/aromatic N) is 2. The number of hydrogen-bond donors (Lipinski definition) is 1. The van der Waals surface area contributed by atoms with Crippen LogP contribution in [0.5, 0.6) is 0 Å². The molecule has 0 aliphatic carbocycles. The summed E-state index contributed by atoms with van der Waals surface area (Å²) in [7, 11) is 0. The summed E-state index contributed by atoms with van der Waals surface area (Å²) in [5.74, 6) is 0. The number of halogens is 1. The van der Waals surface area contributed by atoms with Gasteiger partial charge in [0.15, 0.2) is 0 Å². The molecule has 1 heterocycles. The second kappa shape index (κ2) is 3.75. The molecule has 15 heavy (non-hydrogen) atoms. The van der Waals surface area contributed by atoms with Crippen molar-refractivity contribution in [2.75, 3.05) is 0 Å². The fraction of sp³-hybridized carbons (Fsp3) is 0. The Balaban J connectivity index is 2.61. The lowest BCUT2D eigenvalue weighted by atomic mass is 10.2. The van der Waals surface area contributed by atoms with Gasteiger partial charge in [0.2, 0.25) is 0 Å². The largest absolute Gasteiger partial charge is 0.330 e. The fourth-order valence-electron chi connectivity index (χ4n) is 1.28. The van der Waals surface area contributed by atoms with Crippen LogP contribution in [0.2, 0.25) is 0 Å². The monoisotopic (exact) mass is 263 g/mol. The maximum atomic E-state index is 11.3. The minimum absolute atomic E-state index is 0.208. The van der Waals surface area contributed by atoms with Crippen molar-refractivity contribution in [3.63, 3.8) is 0 Å². The topological polar surface area (TPSA) is 61.6 Å². The van der Waals surface area contributed by atoms with E-state index < -0.39 is 0 Å². The Hall–Kier alpha value is -1.80. The summed E-state index contributed by atoms with van der Waals surface area (Å²) in [6, 6.07) is 7.09. The molecule has 5 heteroatoms. The molecule has 0 atom stereocenters. The number of rotatable bonds is 1. The maximum Gasteiger partial charge on any atom is 0.330 e. The number of aromatic nitrogens is 2. The summed E-state index contributed by atoms with van der Waals surface area (Å²) < 4.78 is 2.17. The third-order valence-electron chi connectivity index (χ3n) is 1.99. The lowest BCUT2D eigenvalue weighted by Crippen LogP contribution is -2.14. The summed E-state index contributed by atoms with van der Waals surface area (Å²) in [5.41, 5.74) is 1.05. The highest BCUT2D eigenvalue weighted by atomic mass is 79.9. The first-order chi connectivity index (χ1) is 7.22. The van der Waals surface area contributed by atoms with Crippen LogP contribution in [0.1, 0.15) is 5.56 Å². The van der Waals surface area contributed by atoms with Gasteiger partial charge < -0.3 is 4.98 Å². The van der Waals surface area contributed by atoms with Crippen molar-refractivity contribution in [1.82, 2.24) is 9.55 Å².